The second-order valence-corrected chi connectivity index (χ2v) is 4.79. The number of rotatable bonds is 4. The van der Waals surface area contributed by atoms with Crippen LogP contribution in [0.5, 0.6) is 5.88 Å². The highest BCUT2D eigenvalue weighted by Crippen LogP contribution is 2.26. The SMILES string of the molecule is COc1nc(Nc2ccc(C)c([N+](=O)[O-])c2)ncc1Br. The minimum atomic E-state index is -0.427. The second-order valence-electron chi connectivity index (χ2n) is 3.93. The third-order valence-corrected chi connectivity index (χ3v) is 3.11. The van der Waals surface area contributed by atoms with E-state index in [2.05, 4.69) is 31.2 Å². The van der Waals surface area contributed by atoms with Crippen molar-refractivity contribution in [3.63, 3.8) is 0 Å². The molecule has 2 rings (SSSR count). The van der Waals surface area contributed by atoms with E-state index >= 15 is 0 Å². The van der Waals surface area contributed by atoms with Gasteiger partial charge in [0.1, 0.15) is 0 Å². The lowest BCUT2D eigenvalue weighted by molar-refractivity contribution is -0.385. The maximum absolute atomic E-state index is 10.9. The van der Waals surface area contributed by atoms with Gasteiger partial charge in [0.15, 0.2) is 0 Å². The Morgan fingerprint density at radius 2 is 2.20 bits per heavy atom. The summed E-state index contributed by atoms with van der Waals surface area (Å²) in [6.07, 6.45) is 1.54. The summed E-state index contributed by atoms with van der Waals surface area (Å²) in [4.78, 5) is 18.6. The molecule has 0 saturated heterocycles. The average molecular weight is 339 g/mol. The highest BCUT2D eigenvalue weighted by Gasteiger charge is 2.12. The standard InChI is InChI=1S/C12H11BrN4O3/c1-7-3-4-8(5-10(7)17(18)19)15-12-14-6-9(13)11(16-12)20-2/h3-6H,1-2H3,(H,14,15,16). The molecule has 0 fully saturated rings. The summed E-state index contributed by atoms with van der Waals surface area (Å²) in [6, 6.07) is 4.82. The van der Waals surface area contributed by atoms with E-state index in [9.17, 15) is 10.1 Å². The van der Waals surface area contributed by atoms with Gasteiger partial charge in [-0.3, -0.25) is 10.1 Å². The lowest BCUT2D eigenvalue weighted by atomic mass is 10.2. The predicted octanol–water partition coefficient (Wildman–Crippen LogP) is 3.21. The normalized spacial score (nSPS) is 10.2. The minimum absolute atomic E-state index is 0.0408. The van der Waals surface area contributed by atoms with Crippen LogP contribution in [0.4, 0.5) is 17.3 Å². The highest BCUT2D eigenvalue weighted by atomic mass is 79.9. The van der Waals surface area contributed by atoms with E-state index in [0.717, 1.165) is 0 Å². The number of methoxy groups -OCH3 is 1. The first-order chi connectivity index (χ1) is 9.51. The average Bonchev–Trinajstić information content (AvgIpc) is 2.42. The molecule has 7 nitrogen and oxygen atoms in total. The number of aryl methyl sites for hydroxylation is 1. The molecule has 0 atom stereocenters. The summed E-state index contributed by atoms with van der Waals surface area (Å²) in [7, 11) is 1.49. The van der Waals surface area contributed by atoms with Crippen LogP contribution in [0, 0.1) is 17.0 Å². The van der Waals surface area contributed by atoms with Crippen LogP contribution in [0.25, 0.3) is 0 Å². The van der Waals surface area contributed by atoms with Gasteiger partial charge in [0.05, 0.1) is 22.7 Å². The number of nitrogens with one attached hydrogen (secondary N) is 1. The van der Waals surface area contributed by atoms with Crippen molar-refractivity contribution < 1.29 is 9.66 Å². The maximum atomic E-state index is 10.9. The molecule has 0 spiro atoms. The van der Waals surface area contributed by atoms with Gasteiger partial charge in [-0.15, -0.1) is 0 Å². The Morgan fingerprint density at radius 1 is 1.45 bits per heavy atom. The fourth-order valence-electron chi connectivity index (χ4n) is 1.57. The Bertz CT molecular complexity index is 663. The van der Waals surface area contributed by atoms with Crippen molar-refractivity contribution in [3.05, 3.63) is 44.5 Å². The summed E-state index contributed by atoms with van der Waals surface area (Å²) in [5.41, 5.74) is 1.17. The molecule has 104 valence electrons. The summed E-state index contributed by atoms with van der Waals surface area (Å²) in [6.45, 7) is 1.68. The molecule has 0 aliphatic rings. The molecule has 8 heteroatoms. The lowest BCUT2D eigenvalue weighted by Crippen LogP contribution is -2.00. The van der Waals surface area contributed by atoms with Gasteiger partial charge in [-0.2, -0.15) is 4.98 Å². The van der Waals surface area contributed by atoms with Crippen LogP contribution < -0.4 is 10.1 Å². The van der Waals surface area contributed by atoms with Crippen LogP contribution in [0.15, 0.2) is 28.9 Å². The molecule has 0 aliphatic heterocycles. The molecule has 0 unspecified atom stereocenters. The van der Waals surface area contributed by atoms with E-state index in [-0.39, 0.29) is 5.69 Å². The number of hydrogen-bond donors (Lipinski definition) is 1. The first kappa shape index (κ1) is 14.2. The van der Waals surface area contributed by atoms with Gasteiger partial charge >= 0.3 is 0 Å². The number of hydrogen-bond acceptors (Lipinski definition) is 6. The molecule has 1 heterocycles. The Labute approximate surface area is 123 Å². The zero-order chi connectivity index (χ0) is 14.7. The van der Waals surface area contributed by atoms with Gasteiger partial charge in [0.25, 0.3) is 5.69 Å². The number of aromatic nitrogens is 2. The van der Waals surface area contributed by atoms with Crippen LogP contribution in [0.2, 0.25) is 0 Å². The van der Waals surface area contributed by atoms with E-state index in [1.54, 1.807) is 19.1 Å². The van der Waals surface area contributed by atoms with Crippen LogP contribution in [0.1, 0.15) is 5.56 Å². The molecule has 1 N–H and O–H groups in total. The molecule has 0 amide bonds. The number of nitrogens with zero attached hydrogens (tertiary/aromatic N) is 3. The van der Waals surface area contributed by atoms with E-state index < -0.39 is 4.92 Å². The van der Waals surface area contributed by atoms with Gasteiger partial charge in [0.2, 0.25) is 11.8 Å². The Morgan fingerprint density at radius 3 is 2.85 bits per heavy atom. The number of halogens is 1. The zero-order valence-electron chi connectivity index (χ0n) is 10.8. The van der Waals surface area contributed by atoms with Gasteiger partial charge in [0, 0.05) is 17.3 Å². The first-order valence-electron chi connectivity index (χ1n) is 5.60. The van der Waals surface area contributed by atoms with Crippen molar-refractivity contribution in [3.8, 4) is 5.88 Å². The second kappa shape index (κ2) is 5.83. The van der Waals surface area contributed by atoms with Crippen molar-refractivity contribution in [2.24, 2.45) is 0 Å². The van der Waals surface area contributed by atoms with E-state index in [0.29, 0.717) is 27.6 Å². The third kappa shape index (κ3) is 3.02. The van der Waals surface area contributed by atoms with Crippen molar-refractivity contribution in [1.29, 1.82) is 0 Å². The van der Waals surface area contributed by atoms with E-state index in [1.807, 2.05) is 0 Å². The summed E-state index contributed by atoms with van der Waals surface area (Å²) in [5.74, 6) is 0.673. The van der Waals surface area contributed by atoms with Gasteiger partial charge in [-0.05, 0) is 28.9 Å². The summed E-state index contributed by atoms with van der Waals surface area (Å²) < 4.78 is 5.68. The molecule has 0 saturated carbocycles. The van der Waals surface area contributed by atoms with Crippen LogP contribution >= 0.6 is 15.9 Å². The number of anilines is 2. The molecule has 0 radical (unpaired) electrons. The molecule has 2 aromatic rings. The molecule has 0 bridgehead atoms. The van der Waals surface area contributed by atoms with E-state index in [1.165, 1.54) is 19.4 Å². The van der Waals surface area contributed by atoms with E-state index in [4.69, 9.17) is 4.74 Å². The zero-order valence-corrected chi connectivity index (χ0v) is 12.3. The van der Waals surface area contributed by atoms with Gasteiger partial charge in [-0.25, -0.2) is 4.98 Å². The smallest absolute Gasteiger partial charge is 0.274 e. The monoisotopic (exact) mass is 338 g/mol. The highest BCUT2D eigenvalue weighted by molar-refractivity contribution is 9.10. The van der Waals surface area contributed by atoms with Crippen LogP contribution in [0.3, 0.4) is 0 Å². The van der Waals surface area contributed by atoms with Gasteiger partial charge < -0.3 is 10.1 Å². The predicted molar refractivity (Wildman–Crippen MR) is 77.4 cm³/mol. The van der Waals surface area contributed by atoms with Gasteiger partial charge in [-0.1, -0.05) is 6.07 Å². The number of benzene rings is 1. The third-order valence-electron chi connectivity index (χ3n) is 2.57. The molecular formula is C12H11BrN4O3. The molecule has 20 heavy (non-hydrogen) atoms. The van der Waals surface area contributed by atoms with Crippen molar-refractivity contribution in [2.45, 2.75) is 6.92 Å². The lowest BCUT2D eigenvalue weighted by Gasteiger charge is -2.07. The van der Waals surface area contributed by atoms with Crippen molar-refractivity contribution in [2.75, 3.05) is 12.4 Å². The maximum Gasteiger partial charge on any atom is 0.274 e. The van der Waals surface area contributed by atoms with Crippen LogP contribution in [-0.4, -0.2) is 22.0 Å². The Kier molecular flexibility index (Phi) is 4.14. The summed E-state index contributed by atoms with van der Waals surface area (Å²) in [5, 5.41) is 13.8. The van der Waals surface area contributed by atoms with Crippen molar-refractivity contribution in [1.82, 2.24) is 9.97 Å². The number of nitro benzene ring substituents is 1. The molecule has 1 aromatic heterocycles. The molecular weight excluding hydrogens is 328 g/mol. The fraction of sp³-hybridized carbons (Fsp3) is 0.167. The first-order valence-corrected chi connectivity index (χ1v) is 6.39. The Balaban J connectivity index is 2.30. The number of ether oxygens (including phenoxy) is 1. The largest absolute Gasteiger partial charge is 0.480 e. The fourth-order valence-corrected chi connectivity index (χ4v) is 1.92. The van der Waals surface area contributed by atoms with Crippen LogP contribution in [-0.2, 0) is 0 Å². The number of nitro groups is 1. The quantitative estimate of drug-likeness (QED) is 0.679. The topological polar surface area (TPSA) is 90.2 Å². The molecule has 0 aliphatic carbocycles. The minimum Gasteiger partial charge on any atom is -0.480 e. The Hall–Kier alpha value is -2.22. The summed E-state index contributed by atoms with van der Waals surface area (Å²) >= 11 is 3.25. The van der Waals surface area contributed by atoms with Crippen molar-refractivity contribution >= 4 is 33.3 Å². The molecule has 1 aromatic carbocycles.